The lowest BCUT2D eigenvalue weighted by atomic mass is 10.1. The predicted molar refractivity (Wildman–Crippen MR) is 132 cm³/mol. The summed E-state index contributed by atoms with van der Waals surface area (Å²) >= 11 is 0. The van der Waals surface area contributed by atoms with Gasteiger partial charge < -0.3 is 18.9 Å². The second-order valence-electron chi connectivity index (χ2n) is 7.11. The van der Waals surface area contributed by atoms with Gasteiger partial charge in [0.15, 0.2) is 17.2 Å². The fraction of sp³-hybridized carbons (Fsp3) is 0.167. The van der Waals surface area contributed by atoms with Gasteiger partial charge in [-0.3, -0.25) is 14.8 Å². The van der Waals surface area contributed by atoms with E-state index in [1.165, 1.54) is 40.6 Å². The van der Waals surface area contributed by atoms with Crippen LogP contribution in [0.1, 0.15) is 11.1 Å². The summed E-state index contributed by atoms with van der Waals surface area (Å²) in [5.41, 5.74) is 1.32. The first-order valence-corrected chi connectivity index (χ1v) is 11.6. The molecule has 0 atom stereocenters. The molecule has 0 aliphatic heterocycles. The van der Waals surface area contributed by atoms with Crippen LogP contribution in [0.15, 0.2) is 59.5 Å². The zero-order chi connectivity index (χ0) is 25.6. The van der Waals surface area contributed by atoms with E-state index in [2.05, 4.69) is 4.72 Å². The van der Waals surface area contributed by atoms with Gasteiger partial charge in [0.2, 0.25) is 5.75 Å². The minimum atomic E-state index is -4.08. The number of methoxy groups -OCH3 is 4. The summed E-state index contributed by atoms with van der Waals surface area (Å²) in [6, 6.07) is 13.7. The van der Waals surface area contributed by atoms with E-state index in [1.54, 1.807) is 42.5 Å². The number of nitrogens with one attached hydrogen (secondary N) is 1. The molecular formula is C24H24N2O8S. The molecule has 0 spiro atoms. The summed E-state index contributed by atoms with van der Waals surface area (Å²) < 4.78 is 49.1. The van der Waals surface area contributed by atoms with Crippen LogP contribution in [0.3, 0.4) is 0 Å². The van der Waals surface area contributed by atoms with E-state index in [4.69, 9.17) is 18.9 Å². The SMILES string of the molecule is COc1ccc(S(=O)(=O)Nc2cccc(C=Cc3cc(OC)c(OC)c(OC)c3)c2)cc1[N+](=O)[O-]. The normalized spacial score (nSPS) is 11.2. The maximum Gasteiger partial charge on any atom is 0.312 e. The smallest absolute Gasteiger partial charge is 0.312 e. The van der Waals surface area contributed by atoms with E-state index in [9.17, 15) is 18.5 Å². The van der Waals surface area contributed by atoms with E-state index in [1.807, 2.05) is 6.08 Å². The fourth-order valence-electron chi connectivity index (χ4n) is 3.29. The Hall–Kier alpha value is -4.25. The van der Waals surface area contributed by atoms with E-state index >= 15 is 0 Å². The Labute approximate surface area is 202 Å². The second-order valence-corrected chi connectivity index (χ2v) is 8.80. The Morgan fingerprint density at radius 3 is 2.00 bits per heavy atom. The van der Waals surface area contributed by atoms with Crippen molar-refractivity contribution < 1.29 is 32.3 Å². The number of hydrogen-bond acceptors (Lipinski definition) is 8. The van der Waals surface area contributed by atoms with Crippen LogP contribution in [0.4, 0.5) is 11.4 Å². The second kappa shape index (κ2) is 10.8. The average molecular weight is 501 g/mol. The van der Waals surface area contributed by atoms with Gasteiger partial charge >= 0.3 is 5.69 Å². The van der Waals surface area contributed by atoms with Crippen molar-refractivity contribution in [3.63, 3.8) is 0 Å². The van der Waals surface area contributed by atoms with Gasteiger partial charge in [0.1, 0.15) is 0 Å². The van der Waals surface area contributed by atoms with Gasteiger partial charge in [-0.15, -0.1) is 0 Å². The molecule has 1 N–H and O–H groups in total. The molecule has 0 aliphatic carbocycles. The van der Waals surface area contributed by atoms with Crippen molar-refractivity contribution in [1.29, 1.82) is 0 Å². The van der Waals surface area contributed by atoms with Gasteiger partial charge in [0.05, 0.1) is 38.3 Å². The topological polar surface area (TPSA) is 126 Å². The molecule has 0 aromatic heterocycles. The molecule has 0 heterocycles. The highest BCUT2D eigenvalue weighted by atomic mass is 32.2. The molecule has 10 nitrogen and oxygen atoms in total. The maximum absolute atomic E-state index is 12.8. The highest BCUT2D eigenvalue weighted by Gasteiger charge is 2.22. The van der Waals surface area contributed by atoms with Gasteiger partial charge in [-0.25, -0.2) is 8.42 Å². The van der Waals surface area contributed by atoms with Crippen molar-refractivity contribution in [2.75, 3.05) is 33.2 Å². The van der Waals surface area contributed by atoms with Crippen LogP contribution >= 0.6 is 0 Å². The van der Waals surface area contributed by atoms with Crippen molar-refractivity contribution in [2.45, 2.75) is 4.90 Å². The third-order valence-electron chi connectivity index (χ3n) is 4.95. The molecule has 0 radical (unpaired) electrons. The van der Waals surface area contributed by atoms with E-state index in [0.29, 0.717) is 22.8 Å². The van der Waals surface area contributed by atoms with Gasteiger partial charge in [0, 0.05) is 11.8 Å². The third kappa shape index (κ3) is 5.82. The lowest BCUT2D eigenvalue weighted by Crippen LogP contribution is -2.13. The lowest BCUT2D eigenvalue weighted by molar-refractivity contribution is -0.386. The Kier molecular flexibility index (Phi) is 7.82. The van der Waals surface area contributed by atoms with Crippen molar-refractivity contribution in [3.05, 3.63) is 75.8 Å². The number of benzene rings is 3. The number of anilines is 1. The van der Waals surface area contributed by atoms with E-state index in [-0.39, 0.29) is 16.3 Å². The Morgan fingerprint density at radius 1 is 0.800 bits per heavy atom. The van der Waals surface area contributed by atoms with Crippen molar-refractivity contribution in [3.8, 4) is 23.0 Å². The summed E-state index contributed by atoms with van der Waals surface area (Å²) in [6.07, 6.45) is 3.60. The number of rotatable bonds is 10. The van der Waals surface area contributed by atoms with Crippen molar-refractivity contribution >= 4 is 33.6 Å². The zero-order valence-corrected chi connectivity index (χ0v) is 20.3. The first-order chi connectivity index (χ1) is 16.7. The molecule has 0 aliphatic rings. The van der Waals surface area contributed by atoms with E-state index < -0.39 is 20.6 Å². The number of sulfonamides is 1. The molecule has 0 saturated carbocycles. The molecular weight excluding hydrogens is 476 g/mol. The van der Waals surface area contributed by atoms with Crippen LogP contribution in [0, 0.1) is 10.1 Å². The summed E-state index contributed by atoms with van der Waals surface area (Å²) in [7, 11) is 1.76. The van der Waals surface area contributed by atoms with Crippen LogP contribution < -0.4 is 23.7 Å². The maximum atomic E-state index is 12.8. The summed E-state index contributed by atoms with van der Waals surface area (Å²) in [5, 5.41) is 11.2. The van der Waals surface area contributed by atoms with Gasteiger partial charge in [-0.2, -0.15) is 0 Å². The molecule has 3 rings (SSSR count). The Bertz CT molecular complexity index is 1340. The van der Waals surface area contributed by atoms with Crippen LogP contribution in [0.25, 0.3) is 12.2 Å². The van der Waals surface area contributed by atoms with Crippen LogP contribution in [0.2, 0.25) is 0 Å². The van der Waals surface area contributed by atoms with Gasteiger partial charge in [-0.1, -0.05) is 24.3 Å². The average Bonchev–Trinajstić information content (AvgIpc) is 2.86. The number of hydrogen-bond donors (Lipinski definition) is 1. The van der Waals surface area contributed by atoms with Crippen molar-refractivity contribution in [1.82, 2.24) is 0 Å². The highest BCUT2D eigenvalue weighted by molar-refractivity contribution is 7.92. The quantitative estimate of drug-likeness (QED) is 0.243. The molecule has 0 unspecified atom stereocenters. The molecule has 3 aromatic rings. The molecule has 11 heteroatoms. The Morgan fingerprint density at radius 2 is 1.43 bits per heavy atom. The highest BCUT2D eigenvalue weighted by Crippen LogP contribution is 2.38. The van der Waals surface area contributed by atoms with Gasteiger partial charge in [0.25, 0.3) is 10.0 Å². The number of ether oxygens (including phenoxy) is 4. The predicted octanol–water partition coefficient (Wildman–Crippen LogP) is 4.60. The molecule has 35 heavy (non-hydrogen) atoms. The molecule has 0 saturated heterocycles. The van der Waals surface area contributed by atoms with Crippen molar-refractivity contribution in [2.24, 2.45) is 0 Å². The summed E-state index contributed by atoms with van der Waals surface area (Å²) in [6.45, 7) is 0. The number of nitro benzene ring substituents is 1. The molecule has 3 aromatic carbocycles. The molecule has 0 amide bonds. The molecule has 0 fully saturated rings. The molecule has 0 bridgehead atoms. The number of nitro groups is 1. The van der Waals surface area contributed by atoms with Crippen LogP contribution in [0.5, 0.6) is 23.0 Å². The summed E-state index contributed by atoms with van der Waals surface area (Å²) in [4.78, 5) is 10.3. The largest absolute Gasteiger partial charge is 0.493 e. The minimum absolute atomic E-state index is 0.0344. The first kappa shape index (κ1) is 25.4. The minimum Gasteiger partial charge on any atom is -0.493 e. The fourth-order valence-corrected chi connectivity index (χ4v) is 4.36. The number of nitrogens with zero attached hydrogens (tertiary/aromatic N) is 1. The van der Waals surface area contributed by atoms with E-state index in [0.717, 1.165) is 11.6 Å². The lowest BCUT2D eigenvalue weighted by Gasteiger charge is -2.13. The monoisotopic (exact) mass is 500 g/mol. The zero-order valence-electron chi connectivity index (χ0n) is 19.5. The van der Waals surface area contributed by atoms with Crippen LogP contribution in [-0.2, 0) is 10.0 Å². The van der Waals surface area contributed by atoms with Gasteiger partial charge in [-0.05, 0) is 47.5 Å². The van der Waals surface area contributed by atoms with Crippen LogP contribution in [-0.4, -0.2) is 41.8 Å². The third-order valence-corrected chi connectivity index (χ3v) is 6.33. The first-order valence-electron chi connectivity index (χ1n) is 10.2. The Balaban J connectivity index is 1.87. The molecule has 184 valence electrons. The standard InChI is InChI=1S/C24H24N2O8S/c1-31-21-11-10-19(15-20(21)26(27)28)35(29,30)25-18-7-5-6-16(12-18)8-9-17-13-22(32-2)24(34-4)23(14-17)33-3/h5-15,25H,1-4H3. The summed E-state index contributed by atoms with van der Waals surface area (Å²) in [5.74, 6) is 1.44.